The highest BCUT2D eigenvalue weighted by Crippen LogP contribution is 2.26. The van der Waals surface area contributed by atoms with Crippen molar-refractivity contribution in [2.45, 2.75) is 58.0 Å². The summed E-state index contributed by atoms with van der Waals surface area (Å²) in [7, 11) is 0. The summed E-state index contributed by atoms with van der Waals surface area (Å²) < 4.78 is 7.69. The van der Waals surface area contributed by atoms with E-state index in [1.54, 1.807) is 18.5 Å². The Morgan fingerprint density at radius 2 is 1.87 bits per heavy atom. The second-order valence-electron chi connectivity index (χ2n) is 8.07. The third kappa shape index (κ3) is 3.96. The van der Waals surface area contributed by atoms with E-state index in [4.69, 9.17) is 4.74 Å². The first-order chi connectivity index (χ1) is 14.6. The number of ether oxygens (including phenoxy) is 1. The molecule has 160 valence electrons. The maximum atomic E-state index is 13.1. The predicted molar refractivity (Wildman–Crippen MR) is 111 cm³/mol. The van der Waals surface area contributed by atoms with E-state index in [1.165, 1.54) is 9.80 Å². The third-order valence-corrected chi connectivity index (χ3v) is 6.19. The van der Waals surface area contributed by atoms with E-state index in [9.17, 15) is 9.59 Å². The van der Waals surface area contributed by atoms with Crippen LogP contribution in [0, 0.1) is 0 Å². The average molecular weight is 413 g/mol. The Labute approximate surface area is 176 Å². The van der Waals surface area contributed by atoms with E-state index < -0.39 is 0 Å². The minimum atomic E-state index is -0.293. The molecule has 2 fully saturated rings. The number of amides is 2. The van der Waals surface area contributed by atoms with Gasteiger partial charge in [0.1, 0.15) is 17.9 Å². The van der Waals surface area contributed by atoms with Crippen LogP contribution < -0.4 is 14.5 Å². The first-order valence-corrected chi connectivity index (χ1v) is 10.9. The summed E-state index contributed by atoms with van der Waals surface area (Å²) >= 11 is 0. The molecule has 2 aliphatic heterocycles. The number of rotatable bonds is 7. The molecule has 2 aliphatic rings. The van der Waals surface area contributed by atoms with E-state index in [0.29, 0.717) is 18.2 Å². The zero-order chi connectivity index (χ0) is 21.1. The normalized spacial score (nSPS) is 24.5. The number of anilines is 1. The fraction of sp³-hybridized carbons (Fsp3) is 0.545. The van der Waals surface area contributed by atoms with Gasteiger partial charge in [0, 0.05) is 25.3 Å². The van der Waals surface area contributed by atoms with Gasteiger partial charge in [-0.2, -0.15) is 0 Å². The Balaban J connectivity index is 1.40. The Morgan fingerprint density at radius 1 is 1.13 bits per heavy atom. The smallest absolute Gasteiger partial charge is 0.292 e. The molecule has 0 bridgehead atoms. The van der Waals surface area contributed by atoms with E-state index in [-0.39, 0.29) is 24.3 Å². The monoisotopic (exact) mass is 412 g/mol. The van der Waals surface area contributed by atoms with Crippen LogP contribution in [0.15, 0.2) is 30.6 Å². The molecule has 8 heteroatoms. The van der Waals surface area contributed by atoms with Gasteiger partial charge in [0.05, 0.1) is 31.8 Å². The SMILES string of the molecule is CCCOc1ccc(N2C(=O)C[C@@H]([NH+]3CCC(c4nncn4CC)CC3)C2=O)cc1. The summed E-state index contributed by atoms with van der Waals surface area (Å²) in [5, 5.41) is 8.35. The van der Waals surface area contributed by atoms with Gasteiger partial charge in [-0.15, -0.1) is 10.2 Å². The predicted octanol–water partition coefficient (Wildman–Crippen LogP) is 1.18. The molecular formula is C22H30N5O3+. The van der Waals surface area contributed by atoms with Crippen LogP contribution in [0.1, 0.15) is 51.3 Å². The molecule has 4 rings (SSSR count). The number of carbonyl (C=O) groups excluding carboxylic acids is 2. The van der Waals surface area contributed by atoms with Crippen LogP contribution in [-0.2, 0) is 16.1 Å². The molecule has 1 N–H and O–H groups in total. The lowest BCUT2D eigenvalue weighted by molar-refractivity contribution is -0.920. The van der Waals surface area contributed by atoms with Gasteiger partial charge in [-0.3, -0.25) is 9.59 Å². The lowest BCUT2D eigenvalue weighted by Gasteiger charge is -2.31. The van der Waals surface area contributed by atoms with Gasteiger partial charge in [-0.05, 0) is 37.6 Å². The minimum Gasteiger partial charge on any atom is -0.494 e. The van der Waals surface area contributed by atoms with Crippen molar-refractivity contribution >= 4 is 17.5 Å². The summed E-state index contributed by atoms with van der Waals surface area (Å²) in [6.45, 7) is 7.38. The highest BCUT2D eigenvalue weighted by Gasteiger charge is 2.46. The number of aromatic nitrogens is 3. The van der Waals surface area contributed by atoms with Crippen molar-refractivity contribution in [1.82, 2.24) is 14.8 Å². The van der Waals surface area contributed by atoms with E-state index in [0.717, 1.165) is 50.5 Å². The van der Waals surface area contributed by atoms with Crippen LogP contribution in [0.4, 0.5) is 5.69 Å². The van der Waals surface area contributed by atoms with Gasteiger partial charge in [0.25, 0.3) is 5.91 Å². The summed E-state index contributed by atoms with van der Waals surface area (Å²) in [4.78, 5) is 28.3. The van der Waals surface area contributed by atoms with Crippen molar-refractivity contribution < 1.29 is 19.2 Å². The quantitative estimate of drug-likeness (QED) is 0.691. The number of aryl methyl sites for hydroxylation is 1. The molecule has 8 nitrogen and oxygen atoms in total. The van der Waals surface area contributed by atoms with Crippen molar-refractivity contribution in [2.75, 3.05) is 24.6 Å². The number of hydrogen-bond acceptors (Lipinski definition) is 5. The molecule has 30 heavy (non-hydrogen) atoms. The molecule has 3 heterocycles. The average Bonchev–Trinajstić information content (AvgIpc) is 3.37. The zero-order valence-corrected chi connectivity index (χ0v) is 17.7. The molecule has 1 aromatic heterocycles. The number of imide groups is 1. The number of quaternary nitrogens is 1. The van der Waals surface area contributed by atoms with Crippen LogP contribution >= 0.6 is 0 Å². The van der Waals surface area contributed by atoms with Crippen LogP contribution in [0.3, 0.4) is 0 Å². The standard InChI is InChI=1S/C22H29N5O3/c1-3-13-30-18-7-5-17(6-8-18)27-20(28)14-19(22(27)29)26-11-9-16(10-12-26)21-24-23-15-25(21)4-2/h5-8,15-16,19H,3-4,9-14H2,1-2H3/p+1/t19-/m1/s1. The Bertz CT molecular complexity index is 886. The summed E-state index contributed by atoms with van der Waals surface area (Å²) in [6.07, 6.45) is 4.90. The fourth-order valence-corrected chi connectivity index (χ4v) is 4.55. The van der Waals surface area contributed by atoms with E-state index in [2.05, 4.69) is 28.6 Å². The molecule has 0 unspecified atom stereocenters. The highest BCUT2D eigenvalue weighted by molar-refractivity contribution is 6.21. The van der Waals surface area contributed by atoms with Crippen LogP contribution in [0.2, 0.25) is 0 Å². The summed E-state index contributed by atoms with van der Waals surface area (Å²) in [6, 6.07) is 6.94. The van der Waals surface area contributed by atoms with Crippen molar-refractivity contribution in [3.63, 3.8) is 0 Å². The van der Waals surface area contributed by atoms with E-state index in [1.807, 2.05) is 12.1 Å². The lowest BCUT2D eigenvalue weighted by Crippen LogP contribution is -3.17. The van der Waals surface area contributed by atoms with Gasteiger partial charge in [-0.1, -0.05) is 6.92 Å². The second kappa shape index (κ2) is 8.95. The summed E-state index contributed by atoms with van der Waals surface area (Å²) in [5.41, 5.74) is 0.627. The fourth-order valence-electron chi connectivity index (χ4n) is 4.55. The molecule has 1 aromatic carbocycles. The Hall–Kier alpha value is -2.74. The molecule has 2 amide bonds. The van der Waals surface area contributed by atoms with Gasteiger partial charge in [-0.25, -0.2) is 4.90 Å². The molecule has 0 saturated carbocycles. The highest BCUT2D eigenvalue weighted by atomic mass is 16.5. The van der Waals surface area contributed by atoms with Crippen molar-refractivity contribution in [3.05, 3.63) is 36.4 Å². The van der Waals surface area contributed by atoms with Crippen molar-refractivity contribution in [3.8, 4) is 5.75 Å². The number of nitrogens with one attached hydrogen (secondary N) is 1. The molecule has 2 aromatic rings. The first-order valence-electron chi connectivity index (χ1n) is 10.9. The van der Waals surface area contributed by atoms with Crippen molar-refractivity contribution in [2.24, 2.45) is 0 Å². The maximum Gasteiger partial charge on any atom is 0.292 e. The zero-order valence-electron chi connectivity index (χ0n) is 17.7. The van der Waals surface area contributed by atoms with Gasteiger partial charge in [0.2, 0.25) is 5.91 Å². The number of hydrogen-bond donors (Lipinski definition) is 1. The number of benzene rings is 1. The molecular weight excluding hydrogens is 382 g/mol. The van der Waals surface area contributed by atoms with Crippen LogP contribution in [0.5, 0.6) is 5.75 Å². The topological polar surface area (TPSA) is 81.8 Å². The summed E-state index contributed by atoms with van der Waals surface area (Å²) in [5.74, 6) is 1.96. The largest absolute Gasteiger partial charge is 0.494 e. The number of carbonyl (C=O) groups is 2. The Kier molecular flexibility index (Phi) is 6.13. The van der Waals surface area contributed by atoms with Gasteiger partial charge in [0.15, 0.2) is 6.04 Å². The van der Waals surface area contributed by atoms with Crippen LogP contribution in [0.25, 0.3) is 0 Å². The second-order valence-corrected chi connectivity index (χ2v) is 8.07. The number of piperidine rings is 1. The van der Waals surface area contributed by atoms with Gasteiger partial charge >= 0.3 is 0 Å². The number of likely N-dealkylation sites (tertiary alicyclic amines) is 1. The molecule has 1 atom stereocenters. The third-order valence-electron chi connectivity index (χ3n) is 6.19. The van der Waals surface area contributed by atoms with Crippen molar-refractivity contribution in [1.29, 1.82) is 0 Å². The lowest BCUT2D eigenvalue weighted by atomic mass is 9.94. The molecule has 0 aliphatic carbocycles. The minimum absolute atomic E-state index is 0.0904. The molecule has 2 saturated heterocycles. The molecule has 0 radical (unpaired) electrons. The van der Waals surface area contributed by atoms with Gasteiger partial charge < -0.3 is 14.2 Å². The first kappa shape index (κ1) is 20.5. The molecule has 0 spiro atoms. The Morgan fingerprint density at radius 3 is 2.53 bits per heavy atom. The number of nitrogens with zero attached hydrogens (tertiary/aromatic N) is 4. The van der Waals surface area contributed by atoms with Crippen LogP contribution in [-0.4, -0.2) is 52.3 Å². The van der Waals surface area contributed by atoms with E-state index >= 15 is 0 Å². The maximum absolute atomic E-state index is 13.1.